The Kier molecular flexibility index (Phi) is 4.35. The summed E-state index contributed by atoms with van der Waals surface area (Å²) in [5, 5.41) is 2.79. The summed E-state index contributed by atoms with van der Waals surface area (Å²) in [6.45, 7) is 5.82. The minimum atomic E-state index is -0.0179. The predicted molar refractivity (Wildman–Crippen MR) is 64.1 cm³/mol. The van der Waals surface area contributed by atoms with Gasteiger partial charge in [-0.25, -0.2) is 0 Å². The van der Waals surface area contributed by atoms with Crippen molar-refractivity contribution in [3.05, 3.63) is 29.3 Å². The van der Waals surface area contributed by atoms with E-state index in [1.165, 1.54) is 30.9 Å². The highest BCUT2D eigenvalue weighted by atomic mass is 16.1. The van der Waals surface area contributed by atoms with Gasteiger partial charge in [-0.05, 0) is 43.0 Å². The van der Waals surface area contributed by atoms with Crippen LogP contribution in [0.2, 0.25) is 0 Å². The molecule has 0 aromatic heterocycles. The molecule has 0 aliphatic rings. The van der Waals surface area contributed by atoms with Crippen LogP contribution < -0.4 is 5.32 Å². The lowest BCUT2D eigenvalue weighted by molar-refractivity contribution is -0.114. The Morgan fingerprint density at radius 3 is 2.67 bits per heavy atom. The van der Waals surface area contributed by atoms with Crippen molar-refractivity contribution >= 4 is 11.6 Å². The van der Waals surface area contributed by atoms with Crippen LogP contribution >= 0.6 is 0 Å². The second-order valence-electron chi connectivity index (χ2n) is 3.93. The van der Waals surface area contributed by atoms with Crippen LogP contribution in [0.1, 0.15) is 37.8 Å². The molecule has 0 fully saturated rings. The van der Waals surface area contributed by atoms with Crippen LogP contribution in [0, 0.1) is 6.92 Å². The molecule has 1 rings (SSSR count). The fraction of sp³-hybridized carbons (Fsp3) is 0.462. The molecule has 82 valence electrons. The molecule has 0 heterocycles. The van der Waals surface area contributed by atoms with Gasteiger partial charge < -0.3 is 5.32 Å². The standard InChI is InChI=1S/C13H19NO/c1-4-5-6-12-7-8-13(9-10(12)2)14-11(3)15/h7-9H,4-6H2,1-3H3,(H,14,15). The van der Waals surface area contributed by atoms with Crippen molar-refractivity contribution < 1.29 is 4.79 Å². The van der Waals surface area contributed by atoms with Crippen molar-refractivity contribution in [3.63, 3.8) is 0 Å². The molecule has 0 saturated carbocycles. The molecular formula is C13H19NO. The third-order valence-corrected chi connectivity index (χ3v) is 2.46. The van der Waals surface area contributed by atoms with Gasteiger partial charge in [0.1, 0.15) is 0 Å². The molecule has 0 unspecified atom stereocenters. The first-order valence-corrected chi connectivity index (χ1v) is 5.50. The average molecular weight is 205 g/mol. The quantitative estimate of drug-likeness (QED) is 0.802. The fourth-order valence-corrected chi connectivity index (χ4v) is 1.62. The van der Waals surface area contributed by atoms with Crippen LogP contribution in [0.3, 0.4) is 0 Å². The Labute approximate surface area is 91.7 Å². The Bertz CT molecular complexity index is 344. The zero-order chi connectivity index (χ0) is 11.3. The van der Waals surface area contributed by atoms with Crippen LogP contribution in [0.4, 0.5) is 5.69 Å². The van der Waals surface area contributed by atoms with Crippen molar-refractivity contribution in [3.8, 4) is 0 Å². The fourth-order valence-electron chi connectivity index (χ4n) is 1.62. The van der Waals surface area contributed by atoms with Crippen molar-refractivity contribution in [2.24, 2.45) is 0 Å². The van der Waals surface area contributed by atoms with Gasteiger partial charge in [-0.1, -0.05) is 19.4 Å². The molecule has 0 spiro atoms. The van der Waals surface area contributed by atoms with E-state index in [4.69, 9.17) is 0 Å². The Balaban J connectivity index is 2.74. The molecule has 1 aromatic rings. The largest absolute Gasteiger partial charge is 0.326 e. The number of aryl methyl sites for hydroxylation is 2. The van der Waals surface area contributed by atoms with Crippen molar-refractivity contribution in [2.75, 3.05) is 5.32 Å². The summed E-state index contributed by atoms with van der Waals surface area (Å²) in [7, 11) is 0. The first kappa shape index (κ1) is 11.8. The van der Waals surface area contributed by atoms with Gasteiger partial charge in [0.05, 0.1) is 0 Å². The van der Waals surface area contributed by atoms with Gasteiger partial charge in [0.2, 0.25) is 5.91 Å². The molecule has 0 bridgehead atoms. The number of amides is 1. The molecular weight excluding hydrogens is 186 g/mol. The van der Waals surface area contributed by atoms with Crippen LogP contribution in [-0.2, 0) is 11.2 Å². The lowest BCUT2D eigenvalue weighted by Gasteiger charge is -2.08. The molecule has 15 heavy (non-hydrogen) atoms. The van der Waals surface area contributed by atoms with E-state index in [0.717, 1.165) is 12.1 Å². The maximum atomic E-state index is 10.9. The summed E-state index contributed by atoms with van der Waals surface area (Å²) in [6.07, 6.45) is 3.57. The lowest BCUT2D eigenvalue weighted by atomic mass is 10.0. The SMILES string of the molecule is CCCCc1ccc(NC(C)=O)cc1C. The third-order valence-electron chi connectivity index (χ3n) is 2.46. The van der Waals surface area contributed by atoms with Crippen molar-refractivity contribution in [2.45, 2.75) is 40.0 Å². The molecule has 0 saturated heterocycles. The summed E-state index contributed by atoms with van der Waals surface area (Å²) >= 11 is 0. The van der Waals surface area contributed by atoms with E-state index in [1.807, 2.05) is 12.1 Å². The Morgan fingerprint density at radius 2 is 2.13 bits per heavy atom. The molecule has 0 aliphatic heterocycles. The van der Waals surface area contributed by atoms with Gasteiger partial charge in [-0.2, -0.15) is 0 Å². The summed E-state index contributed by atoms with van der Waals surface area (Å²) < 4.78 is 0. The highest BCUT2D eigenvalue weighted by Gasteiger charge is 2.00. The van der Waals surface area contributed by atoms with Gasteiger partial charge in [0, 0.05) is 12.6 Å². The zero-order valence-corrected chi connectivity index (χ0v) is 9.76. The number of carbonyl (C=O) groups excluding carboxylic acids is 1. The third kappa shape index (κ3) is 3.74. The molecule has 2 heteroatoms. The predicted octanol–water partition coefficient (Wildman–Crippen LogP) is 3.30. The average Bonchev–Trinajstić information content (AvgIpc) is 2.15. The number of unbranched alkanes of at least 4 members (excludes halogenated alkanes) is 1. The van der Waals surface area contributed by atoms with Gasteiger partial charge in [0.25, 0.3) is 0 Å². The molecule has 1 N–H and O–H groups in total. The number of hydrogen-bond donors (Lipinski definition) is 1. The van der Waals surface area contributed by atoms with Gasteiger partial charge in [-0.3, -0.25) is 4.79 Å². The summed E-state index contributed by atoms with van der Waals surface area (Å²) in [6, 6.07) is 6.11. The number of benzene rings is 1. The van der Waals surface area contributed by atoms with Crippen LogP contribution in [0.15, 0.2) is 18.2 Å². The number of carbonyl (C=O) groups is 1. The van der Waals surface area contributed by atoms with E-state index in [1.54, 1.807) is 0 Å². The van der Waals surface area contributed by atoms with Crippen molar-refractivity contribution in [1.82, 2.24) is 0 Å². The Morgan fingerprint density at radius 1 is 1.40 bits per heavy atom. The topological polar surface area (TPSA) is 29.1 Å². The van der Waals surface area contributed by atoms with E-state index in [-0.39, 0.29) is 5.91 Å². The molecule has 1 aromatic carbocycles. The second-order valence-corrected chi connectivity index (χ2v) is 3.93. The zero-order valence-electron chi connectivity index (χ0n) is 9.76. The number of nitrogens with one attached hydrogen (secondary N) is 1. The maximum absolute atomic E-state index is 10.9. The molecule has 0 atom stereocenters. The van der Waals surface area contributed by atoms with Gasteiger partial charge in [0.15, 0.2) is 0 Å². The summed E-state index contributed by atoms with van der Waals surface area (Å²) in [5.74, 6) is -0.0179. The highest BCUT2D eigenvalue weighted by Crippen LogP contribution is 2.17. The highest BCUT2D eigenvalue weighted by molar-refractivity contribution is 5.88. The first-order valence-electron chi connectivity index (χ1n) is 5.50. The molecule has 0 aliphatic carbocycles. The second kappa shape index (κ2) is 5.54. The van der Waals surface area contributed by atoms with E-state index in [0.29, 0.717) is 0 Å². The maximum Gasteiger partial charge on any atom is 0.221 e. The monoisotopic (exact) mass is 205 g/mol. The van der Waals surface area contributed by atoms with E-state index < -0.39 is 0 Å². The van der Waals surface area contributed by atoms with Gasteiger partial charge >= 0.3 is 0 Å². The number of hydrogen-bond acceptors (Lipinski definition) is 1. The minimum Gasteiger partial charge on any atom is -0.326 e. The minimum absolute atomic E-state index is 0.0179. The van der Waals surface area contributed by atoms with Crippen molar-refractivity contribution in [1.29, 1.82) is 0 Å². The Hall–Kier alpha value is -1.31. The normalized spacial score (nSPS) is 10.1. The lowest BCUT2D eigenvalue weighted by Crippen LogP contribution is -2.06. The number of rotatable bonds is 4. The van der Waals surface area contributed by atoms with E-state index in [9.17, 15) is 4.79 Å². The van der Waals surface area contributed by atoms with Crippen LogP contribution in [-0.4, -0.2) is 5.91 Å². The van der Waals surface area contributed by atoms with Crippen LogP contribution in [0.5, 0.6) is 0 Å². The first-order chi connectivity index (χ1) is 7.13. The van der Waals surface area contributed by atoms with Crippen LogP contribution in [0.25, 0.3) is 0 Å². The molecule has 1 amide bonds. The van der Waals surface area contributed by atoms with E-state index >= 15 is 0 Å². The summed E-state index contributed by atoms with van der Waals surface area (Å²) in [4.78, 5) is 10.9. The smallest absolute Gasteiger partial charge is 0.221 e. The summed E-state index contributed by atoms with van der Waals surface area (Å²) in [5.41, 5.74) is 3.53. The molecule has 0 radical (unpaired) electrons. The van der Waals surface area contributed by atoms with Gasteiger partial charge in [-0.15, -0.1) is 0 Å². The number of anilines is 1. The van der Waals surface area contributed by atoms with E-state index in [2.05, 4.69) is 25.2 Å². The molecule has 2 nitrogen and oxygen atoms in total.